The molecule has 0 fully saturated rings. The third-order valence-corrected chi connectivity index (χ3v) is 6.58. The maximum atomic E-state index is 12.8. The molecule has 0 aliphatic heterocycles. The SMILES string of the molecule is Cc1nc(-c2ccc(C(F)(F)F)cc2)sc1CN(C)Cc1ccc(OC(C)(C)C(=O)O)c(Cl)c1. The van der Waals surface area contributed by atoms with E-state index in [4.69, 9.17) is 16.3 Å². The molecule has 3 rings (SSSR count). The number of aliphatic carboxylic acids is 1. The highest BCUT2D eigenvalue weighted by Crippen LogP contribution is 2.34. The van der Waals surface area contributed by atoms with Crippen molar-refractivity contribution in [1.82, 2.24) is 9.88 Å². The Morgan fingerprint density at radius 2 is 1.79 bits per heavy atom. The molecule has 10 heteroatoms. The van der Waals surface area contributed by atoms with Crippen LogP contribution < -0.4 is 4.74 Å². The molecule has 3 aromatic rings. The molecule has 0 unspecified atom stereocenters. The average Bonchev–Trinajstić information content (AvgIpc) is 3.09. The van der Waals surface area contributed by atoms with Crippen molar-refractivity contribution in [1.29, 1.82) is 0 Å². The molecule has 0 saturated carbocycles. The predicted molar refractivity (Wildman–Crippen MR) is 126 cm³/mol. The van der Waals surface area contributed by atoms with Crippen LogP contribution in [-0.4, -0.2) is 33.6 Å². The standard InChI is InChI=1S/C24H24ClF3N2O3S/c1-14-20(34-21(29-14)16-6-8-17(9-7-16)24(26,27)28)13-30(4)12-15-5-10-19(18(25)11-15)33-23(2,3)22(31)32/h5-11H,12-13H2,1-4H3,(H,31,32). The van der Waals surface area contributed by atoms with Gasteiger partial charge in [-0.1, -0.05) is 29.8 Å². The molecule has 1 heterocycles. The van der Waals surface area contributed by atoms with E-state index >= 15 is 0 Å². The summed E-state index contributed by atoms with van der Waals surface area (Å²) in [6, 6.07) is 10.2. The van der Waals surface area contributed by atoms with Gasteiger partial charge in [0.05, 0.1) is 16.3 Å². The lowest BCUT2D eigenvalue weighted by Crippen LogP contribution is -2.37. The summed E-state index contributed by atoms with van der Waals surface area (Å²) in [5.74, 6) is -0.803. The van der Waals surface area contributed by atoms with Crippen LogP contribution in [-0.2, 0) is 24.1 Å². The molecule has 1 N–H and O–H groups in total. The number of halogens is 4. The van der Waals surface area contributed by atoms with Crippen LogP contribution >= 0.6 is 22.9 Å². The van der Waals surface area contributed by atoms with E-state index in [2.05, 4.69) is 9.88 Å². The number of carboxylic acids is 1. The fourth-order valence-corrected chi connectivity index (χ4v) is 4.55. The molecule has 182 valence electrons. The van der Waals surface area contributed by atoms with Gasteiger partial charge in [0, 0.05) is 23.5 Å². The Labute approximate surface area is 204 Å². The Morgan fingerprint density at radius 3 is 2.35 bits per heavy atom. The summed E-state index contributed by atoms with van der Waals surface area (Å²) in [6.45, 7) is 5.93. The minimum atomic E-state index is -4.37. The Balaban J connectivity index is 1.67. The molecule has 0 aliphatic carbocycles. The number of aryl methyl sites for hydroxylation is 1. The highest BCUT2D eigenvalue weighted by atomic mass is 35.5. The molecule has 0 aliphatic rings. The van der Waals surface area contributed by atoms with Crippen LogP contribution in [0.4, 0.5) is 13.2 Å². The summed E-state index contributed by atoms with van der Waals surface area (Å²) in [4.78, 5) is 18.9. The molecular weight excluding hydrogens is 489 g/mol. The van der Waals surface area contributed by atoms with Crippen molar-refractivity contribution in [3.63, 3.8) is 0 Å². The number of hydrogen-bond acceptors (Lipinski definition) is 5. The van der Waals surface area contributed by atoms with Gasteiger partial charge in [0.2, 0.25) is 0 Å². The van der Waals surface area contributed by atoms with E-state index in [1.807, 2.05) is 20.0 Å². The number of thiazole rings is 1. The lowest BCUT2D eigenvalue weighted by atomic mass is 10.1. The Kier molecular flexibility index (Phi) is 7.59. The first-order valence-corrected chi connectivity index (χ1v) is 11.5. The van der Waals surface area contributed by atoms with Gasteiger partial charge >= 0.3 is 12.1 Å². The highest BCUT2D eigenvalue weighted by molar-refractivity contribution is 7.15. The maximum absolute atomic E-state index is 12.8. The quantitative estimate of drug-likeness (QED) is 0.365. The van der Waals surface area contributed by atoms with Crippen molar-refractivity contribution in [2.45, 2.75) is 45.6 Å². The van der Waals surface area contributed by atoms with Crippen molar-refractivity contribution >= 4 is 28.9 Å². The molecule has 0 atom stereocenters. The number of carboxylic acid groups (broad SMARTS) is 1. The molecule has 0 radical (unpaired) electrons. The number of rotatable bonds is 8. The van der Waals surface area contributed by atoms with Crippen LogP contribution in [0, 0.1) is 6.92 Å². The monoisotopic (exact) mass is 512 g/mol. The number of ether oxygens (including phenoxy) is 1. The maximum Gasteiger partial charge on any atom is 0.416 e. The number of carbonyl (C=O) groups is 1. The van der Waals surface area contributed by atoms with E-state index < -0.39 is 23.3 Å². The zero-order valence-corrected chi connectivity index (χ0v) is 20.6. The molecular formula is C24H24ClF3N2O3S. The predicted octanol–water partition coefficient (Wildman–Crippen LogP) is 6.66. The van der Waals surface area contributed by atoms with E-state index in [0.717, 1.165) is 28.3 Å². The molecule has 34 heavy (non-hydrogen) atoms. The van der Waals surface area contributed by atoms with Gasteiger partial charge < -0.3 is 9.84 Å². The van der Waals surface area contributed by atoms with Gasteiger partial charge in [0.25, 0.3) is 0 Å². The second-order valence-electron chi connectivity index (χ2n) is 8.46. The van der Waals surface area contributed by atoms with Crippen molar-refractivity contribution in [3.05, 3.63) is 69.2 Å². The zero-order chi connectivity index (χ0) is 25.3. The topological polar surface area (TPSA) is 62.7 Å². The summed E-state index contributed by atoms with van der Waals surface area (Å²) in [5.41, 5.74) is 0.284. The molecule has 5 nitrogen and oxygen atoms in total. The van der Waals surface area contributed by atoms with Crippen molar-refractivity contribution in [2.75, 3.05) is 7.05 Å². The fraction of sp³-hybridized carbons (Fsp3) is 0.333. The van der Waals surface area contributed by atoms with Crippen LogP contribution in [0.3, 0.4) is 0 Å². The van der Waals surface area contributed by atoms with Gasteiger partial charge in [-0.3, -0.25) is 4.90 Å². The highest BCUT2D eigenvalue weighted by Gasteiger charge is 2.31. The normalized spacial score (nSPS) is 12.3. The molecule has 0 amide bonds. The zero-order valence-electron chi connectivity index (χ0n) is 19.0. The van der Waals surface area contributed by atoms with Gasteiger partial charge in [-0.05, 0) is 57.6 Å². The van der Waals surface area contributed by atoms with Gasteiger partial charge in [-0.25, -0.2) is 9.78 Å². The molecule has 1 aromatic heterocycles. The third kappa shape index (κ3) is 6.28. The van der Waals surface area contributed by atoms with E-state index in [-0.39, 0.29) is 0 Å². The van der Waals surface area contributed by atoms with Crippen LogP contribution in [0.1, 0.15) is 35.5 Å². The Morgan fingerprint density at radius 1 is 1.15 bits per heavy atom. The van der Waals surface area contributed by atoms with Crippen LogP contribution in [0.15, 0.2) is 42.5 Å². The number of benzene rings is 2. The van der Waals surface area contributed by atoms with Crippen LogP contribution in [0.25, 0.3) is 10.6 Å². The first kappa shape index (κ1) is 26.0. The fourth-order valence-electron chi connectivity index (χ4n) is 3.16. The summed E-state index contributed by atoms with van der Waals surface area (Å²) in [5, 5.41) is 10.2. The Bertz CT molecular complexity index is 1180. The van der Waals surface area contributed by atoms with Crippen molar-refractivity contribution in [3.8, 4) is 16.3 Å². The van der Waals surface area contributed by atoms with Gasteiger partial charge in [0.15, 0.2) is 5.60 Å². The lowest BCUT2D eigenvalue weighted by molar-refractivity contribution is -0.152. The number of nitrogens with zero attached hydrogens (tertiary/aromatic N) is 2. The molecule has 0 bridgehead atoms. The summed E-state index contributed by atoms with van der Waals surface area (Å²) < 4.78 is 43.9. The third-order valence-electron chi connectivity index (χ3n) is 5.09. The largest absolute Gasteiger partial charge is 0.478 e. The van der Waals surface area contributed by atoms with E-state index in [1.165, 1.54) is 37.3 Å². The van der Waals surface area contributed by atoms with Crippen LogP contribution in [0.2, 0.25) is 5.02 Å². The molecule has 0 saturated heterocycles. The first-order chi connectivity index (χ1) is 15.8. The van der Waals surface area contributed by atoms with E-state index in [0.29, 0.717) is 34.4 Å². The average molecular weight is 513 g/mol. The van der Waals surface area contributed by atoms with Crippen molar-refractivity contribution in [2.24, 2.45) is 0 Å². The number of alkyl halides is 3. The number of aromatic nitrogens is 1. The number of hydrogen-bond donors (Lipinski definition) is 1. The molecule has 2 aromatic carbocycles. The summed E-state index contributed by atoms with van der Waals surface area (Å²) in [6.07, 6.45) is -4.37. The van der Waals surface area contributed by atoms with E-state index in [1.54, 1.807) is 12.1 Å². The van der Waals surface area contributed by atoms with Gasteiger partial charge in [0.1, 0.15) is 10.8 Å². The second kappa shape index (κ2) is 9.93. The summed E-state index contributed by atoms with van der Waals surface area (Å²) in [7, 11) is 1.93. The van der Waals surface area contributed by atoms with Crippen molar-refractivity contribution < 1.29 is 27.8 Å². The van der Waals surface area contributed by atoms with Gasteiger partial charge in [-0.15, -0.1) is 11.3 Å². The minimum absolute atomic E-state index is 0.292. The van der Waals surface area contributed by atoms with E-state index in [9.17, 15) is 23.1 Å². The van der Waals surface area contributed by atoms with Gasteiger partial charge in [-0.2, -0.15) is 13.2 Å². The minimum Gasteiger partial charge on any atom is -0.478 e. The molecule has 0 spiro atoms. The lowest BCUT2D eigenvalue weighted by Gasteiger charge is -2.23. The smallest absolute Gasteiger partial charge is 0.416 e. The first-order valence-electron chi connectivity index (χ1n) is 10.3. The Hall–Kier alpha value is -2.62. The van der Waals surface area contributed by atoms with Crippen LogP contribution in [0.5, 0.6) is 5.75 Å². The summed E-state index contributed by atoms with van der Waals surface area (Å²) >= 11 is 7.75. The second-order valence-corrected chi connectivity index (χ2v) is 9.95.